The highest BCUT2D eigenvalue weighted by molar-refractivity contribution is 5.89. The Morgan fingerprint density at radius 3 is 3.31 bits per heavy atom. The van der Waals surface area contributed by atoms with Gasteiger partial charge in [0.1, 0.15) is 5.82 Å². The molecular formula is C9H10N2O2. The summed E-state index contributed by atoms with van der Waals surface area (Å²) in [5.41, 5.74) is 1.60. The molecule has 0 aromatic carbocycles. The summed E-state index contributed by atoms with van der Waals surface area (Å²) in [6.07, 6.45) is 2.45. The van der Waals surface area contributed by atoms with Crippen molar-refractivity contribution in [1.82, 2.24) is 4.98 Å². The molecule has 0 radical (unpaired) electrons. The maximum atomic E-state index is 11.1. The van der Waals surface area contributed by atoms with Crippen LogP contribution in [0.1, 0.15) is 15.9 Å². The van der Waals surface area contributed by atoms with E-state index >= 15 is 0 Å². The number of nitrogens with one attached hydrogen (secondary N) is 1. The summed E-state index contributed by atoms with van der Waals surface area (Å²) in [6, 6.07) is 1.83. The largest absolute Gasteiger partial charge is 0.465 e. The van der Waals surface area contributed by atoms with Gasteiger partial charge in [0.15, 0.2) is 0 Å². The van der Waals surface area contributed by atoms with Crippen LogP contribution in [-0.2, 0) is 11.2 Å². The lowest BCUT2D eigenvalue weighted by Gasteiger charge is -2.01. The van der Waals surface area contributed by atoms with Gasteiger partial charge in [0.05, 0.1) is 12.7 Å². The quantitative estimate of drug-likeness (QED) is 0.647. The third kappa shape index (κ3) is 1.35. The summed E-state index contributed by atoms with van der Waals surface area (Å²) in [6.45, 7) is 0.896. The van der Waals surface area contributed by atoms with Gasteiger partial charge in [-0.2, -0.15) is 0 Å². The minimum absolute atomic E-state index is 0.331. The first-order valence-electron chi connectivity index (χ1n) is 4.12. The highest BCUT2D eigenvalue weighted by Gasteiger charge is 2.14. The molecule has 1 aromatic rings. The molecule has 0 amide bonds. The predicted molar refractivity (Wildman–Crippen MR) is 47.8 cm³/mol. The normalized spacial score (nSPS) is 13.3. The van der Waals surface area contributed by atoms with Crippen LogP contribution in [0.15, 0.2) is 12.3 Å². The van der Waals surface area contributed by atoms with Gasteiger partial charge in [-0.05, 0) is 18.1 Å². The molecular weight excluding hydrogens is 168 g/mol. The van der Waals surface area contributed by atoms with Crippen LogP contribution in [0.5, 0.6) is 0 Å². The number of methoxy groups -OCH3 is 1. The van der Waals surface area contributed by atoms with Crippen LogP contribution in [0.4, 0.5) is 5.82 Å². The van der Waals surface area contributed by atoms with Gasteiger partial charge in [-0.1, -0.05) is 0 Å². The van der Waals surface area contributed by atoms with E-state index in [9.17, 15) is 4.79 Å². The van der Waals surface area contributed by atoms with Crippen molar-refractivity contribution in [3.8, 4) is 0 Å². The monoisotopic (exact) mass is 178 g/mol. The zero-order valence-corrected chi connectivity index (χ0v) is 7.33. The molecule has 2 rings (SSSR count). The van der Waals surface area contributed by atoms with Crippen molar-refractivity contribution in [2.45, 2.75) is 6.42 Å². The molecule has 4 nitrogen and oxygen atoms in total. The van der Waals surface area contributed by atoms with E-state index in [1.54, 1.807) is 0 Å². The molecule has 13 heavy (non-hydrogen) atoms. The Labute approximate surface area is 75.9 Å². The summed E-state index contributed by atoms with van der Waals surface area (Å²) in [7, 11) is 1.37. The summed E-state index contributed by atoms with van der Waals surface area (Å²) < 4.78 is 4.60. The third-order valence-electron chi connectivity index (χ3n) is 2.07. The Morgan fingerprint density at radius 1 is 1.69 bits per heavy atom. The second kappa shape index (κ2) is 3.05. The van der Waals surface area contributed by atoms with E-state index in [0.717, 1.165) is 24.3 Å². The molecule has 2 heterocycles. The molecule has 0 atom stereocenters. The van der Waals surface area contributed by atoms with Crippen molar-refractivity contribution >= 4 is 11.8 Å². The van der Waals surface area contributed by atoms with Crippen molar-refractivity contribution < 1.29 is 9.53 Å². The molecule has 0 bridgehead atoms. The number of esters is 1. The Balaban J connectivity index is 2.36. The average molecular weight is 178 g/mol. The number of hydrogen-bond donors (Lipinski definition) is 1. The van der Waals surface area contributed by atoms with E-state index in [0.29, 0.717) is 5.56 Å². The Kier molecular flexibility index (Phi) is 1.88. The van der Waals surface area contributed by atoms with Gasteiger partial charge in [0, 0.05) is 12.7 Å². The van der Waals surface area contributed by atoms with Crippen molar-refractivity contribution in [3.63, 3.8) is 0 Å². The van der Waals surface area contributed by atoms with Crippen molar-refractivity contribution in [2.24, 2.45) is 0 Å². The molecule has 0 saturated heterocycles. The molecule has 0 unspecified atom stereocenters. The molecule has 68 valence electrons. The van der Waals surface area contributed by atoms with Gasteiger partial charge >= 0.3 is 5.97 Å². The average Bonchev–Trinajstić information content (AvgIpc) is 2.63. The number of fused-ring (bicyclic) bond motifs is 1. The van der Waals surface area contributed by atoms with Crippen LogP contribution < -0.4 is 5.32 Å². The molecule has 0 fully saturated rings. The molecule has 1 N–H and O–H groups in total. The van der Waals surface area contributed by atoms with E-state index in [2.05, 4.69) is 15.0 Å². The summed E-state index contributed by atoms with van der Waals surface area (Å²) >= 11 is 0. The van der Waals surface area contributed by atoms with E-state index in [4.69, 9.17) is 0 Å². The predicted octanol–water partition coefficient (Wildman–Crippen LogP) is 0.836. The second-order valence-electron chi connectivity index (χ2n) is 2.90. The number of anilines is 1. The van der Waals surface area contributed by atoms with Gasteiger partial charge in [0.25, 0.3) is 0 Å². The lowest BCUT2D eigenvalue weighted by atomic mass is 10.2. The number of nitrogens with zero attached hydrogens (tertiary/aromatic N) is 1. The first kappa shape index (κ1) is 8.04. The lowest BCUT2D eigenvalue weighted by molar-refractivity contribution is 0.0600. The fraction of sp³-hybridized carbons (Fsp3) is 0.333. The van der Waals surface area contributed by atoms with E-state index in [-0.39, 0.29) is 5.97 Å². The number of aromatic nitrogens is 1. The highest BCUT2D eigenvalue weighted by Crippen LogP contribution is 2.19. The zero-order chi connectivity index (χ0) is 9.26. The van der Waals surface area contributed by atoms with Crippen molar-refractivity contribution in [3.05, 3.63) is 23.4 Å². The molecule has 1 aromatic heterocycles. The van der Waals surface area contributed by atoms with Crippen LogP contribution in [-0.4, -0.2) is 24.6 Å². The topological polar surface area (TPSA) is 51.2 Å². The summed E-state index contributed by atoms with van der Waals surface area (Å²) in [4.78, 5) is 15.2. The maximum absolute atomic E-state index is 11.1. The molecule has 0 aliphatic carbocycles. The number of carbonyl (C=O) groups is 1. The second-order valence-corrected chi connectivity index (χ2v) is 2.90. The Hall–Kier alpha value is -1.58. The van der Waals surface area contributed by atoms with Crippen LogP contribution in [0.3, 0.4) is 0 Å². The van der Waals surface area contributed by atoms with Crippen LogP contribution in [0.2, 0.25) is 0 Å². The van der Waals surface area contributed by atoms with E-state index < -0.39 is 0 Å². The first-order valence-corrected chi connectivity index (χ1v) is 4.12. The Morgan fingerprint density at radius 2 is 2.54 bits per heavy atom. The maximum Gasteiger partial charge on any atom is 0.339 e. The van der Waals surface area contributed by atoms with Crippen molar-refractivity contribution in [2.75, 3.05) is 19.0 Å². The van der Waals surface area contributed by atoms with Crippen LogP contribution >= 0.6 is 0 Å². The van der Waals surface area contributed by atoms with E-state index in [1.165, 1.54) is 13.3 Å². The summed E-state index contributed by atoms with van der Waals surface area (Å²) in [5.74, 6) is 0.551. The van der Waals surface area contributed by atoms with E-state index in [1.807, 2.05) is 6.07 Å². The molecule has 0 spiro atoms. The highest BCUT2D eigenvalue weighted by atomic mass is 16.5. The zero-order valence-electron chi connectivity index (χ0n) is 7.33. The summed E-state index contributed by atoms with van der Waals surface area (Å²) in [5, 5.41) is 3.12. The van der Waals surface area contributed by atoms with Crippen LogP contribution in [0, 0.1) is 0 Å². The van der Waals surface area contributed by atoms with Gasteiger partial charge in [-0.15, -0.1) is 0 Å². The smallest absolute Gasteiger partial charge is 0.339 e. The molecule has 1 aliphatic rings. The molecule has 4 heteroatoms. The molecule has 0 saturated carbocycles. The number of pyridine rings is 1. The lowest BCUT2D eigenvalue weighted by Crippen LogP contribution is -2.02. The minimum atomic E-state index is -0.331. The number of hydrogen-bond acceptors (Lipinski definition) is 4. The number of rotatable bonds is 1. The van der Waals surface area contributed by atoms with Crippen LogP contribution in [0.25, 0.3) is 0 Å². The van der Waals surface area contributed by atoms with Gasteiger partial charge in [-0.3, -0.25) is 0 Å². The third-order valence-corrected chi connectivity index (χ3v) is 2.07. The molecule has 1 aliphatic heterocycles. The Bertz CT molecular complexity index is 349. The van der Waals surface area contributed by atoms with Gasteiger partial charge in [-0.25, -0.2) is 9.78 Å². The first-order chi connectivity index (χ1) is 6.31. The minimum Gasteiger partial charge on any atom is -0.465 e. The SMILES string of the molecule is COC(=O)c1cnc2c(c1)CCN2. The number of carbonyl (C=O) groups excluding carboxylic acids is 1. The fourth-order valence-electron chi connectivity index (χ4n) is 1.41. The fourth-order valence-corrected chi connectivity index (χ4v) is 1.41. The standard InChI is InChI=1S/C9H10N2O2/c1-13-9(12)7-4-6-2-3-10-8(6)11-5-7/h4-5H,2-3H2,1H3,(H,10,11). The van der Waals surface area contributed by atoms with Gasteiger partial charge in [0.2, 0.25) is 0 Å². The van der Waals surface area contributed by atoms with Crippen molar-refractivity contribution in [1.29, 1.82) is 0 Å². The number of ether oxygens (including phenoxy) is 1. The van der Waals surface area contributed by atoms with Gasteiger partial charge < -0.3 is 10.1 Å².